The van der Waals surface area contributed by atoms with Crippen LogP contribution in [0.4, 0.5) is 0 Å². The first-order chi connectivity index (χ1) is 14.3. The Kier molecular flexibility index (Phi) is 4.17. The lowest BCUT2D eigenvalue weighted by Gasteiger charge is -2.34. The molecular weight excluding hydrogens is 354 g/mol. The summed E-state index contributed by atoms with van der Waals surface area (Å²) >= 11 is 0. The van der Waals surface area contributed by atoms with Crippen LogP contribution in [0.3, 0.4) is 0 Å². The molecule has 4 aromatic rings. The summed E-state index contributed by atoms with van der Waals surface area (Å²) in [6.45, 7) is 5.91. The largest absolute Gasteiger partial charge is 0.317 e. The highest BCUT2D eigenvalue weighted by atomic mass is 15.3. The first kappa shape index (κ1) is 17.3. The van der Waals surface area contributed by atoms with Crippen molar-refractivity contribution in [3.05, 3.63) is 78.5 Å². The van der Waals surface area contributed by atoms with Crippen molar-refractivity contribution in [3.63, 3.8) is 0 Å². The van der Waals surface area contributed by atoms with E-state index in [1.165, 1.54) is 71.9 Å². The van der Waals surface area contributed by atoms with Crippen molar-refractivity contribution in [2.75, 3.05) is 26.2 Å². The van der Waals surface area contributed by atoms with E-state index in [9.17, 15) is 0 Å². The summed E-state index contributed by atoms with van der Waals surface area (Å²) in [5, 5.41) is 3.96. The summed E-state index contributed by atoms with van der Waals surface area (Å²) in [4.78, 5) is 5.31. The molecule has 146 valence electrons. The van der Waals surface area contributed by atoms with E-state index in [4.69, 9.17) is 0 Å². The number of hydrogen-bond acceptors (Lipinski definition) is 2. The van der Waals surface area contributed by atoms with Crippen LogP contribution in [0.5, 0.6) is 0 Å². The van der Waals surface area contributed by atoms with E-state index in [0.717, 1.165) is 12.6 Å². The molecule has 6 rings (SSSR count). The van der Waals surface area contributed by atoms with Crippen LogP contribution in [0.1, 0.15) is 18.4 Å². The van der Waals surface area contributed by atoms with Crippen LogP contribution in [0, 0.1) is 0 Å². The van der Waals surface area contributed by atoms with Crippen molar-refractivity contribution < 1.29 is 0 Å². The fourth-order valence-electron chi connectivity index (χ4n) is 4.89. The number of nitrogens with zero attached hydrogens (tertiary/aromatic N) is 3. The molecule has 1 aliphatic heterocycles. The Balaban J connectivity index is 1.29. The van der Waals surface area contributed by atoms with Gasteiger partial charge in [-0.05, 0) is 53.4 Å². The van der Waals surface area contributed by atoms with Gasteiger partial charge in [-0.25, -0.2) is 0 Å². The molecule has 1 saturated carbocycles. The fourth-order valence-corrected chi connectivity index (χ4v) is 4.89. The van der Waals surface area contributed by atoms with Crippen LogP contribution in [-0.4, -0.2) is 46.6 Å². The van der Waals surface area contributed by atoms with Crippen molar-refractivity contribution in [2.24, 2.45) is 0 Å². The monoisotopic (exact) mass is 381 g/mol. The molecule has 2 fully saturated rings. The molecular formula is C26H27N3. The zero-order chi connectivity index (χ0) is 19.2. The van der Waals surface area contributed by atoms with E-state index in [-0.39, 0.29) is 0 Å². The van der Waals surface area contributed by atoms with Crippen LogP contribution in [-0.2, 0) is 6.54 Å². The van der Waals surface area contributed by atoms with E-state index in [1.54, 1.807) is 0 Å². The smallest absolute Gasteiger partial charge is 0.0531 e. The second-order valence-corrected chi connectivity index (χ2v) is 8.61. The van der Waals surface area contributed by atoms with E-state index >= 15 is 0 Å². The highest BCUT2D eigenvalue weighted by Gasteiger charge is 2.31. The fraction of sp³-hybridized carbons (Fsp3) is 0.308. The third-order valence-corrected chi connectivity index (χ3v) is 6.70. The van der Waals surface area contributed by atoms with Crippen LogP contribution in [0.2, 0.25) is 0 Å². The quantitative estimate of drug-likeness (QED) is 0.489. The lowest BCUT2D eigenvalue weighted by atomic mass is 10.1. The van der Waals surface area contributed by atoms with E-state index in [2.05, 4.69) is 87.3 Å². The lowest BCUT2D eigenvalue weighted by molar-refractivity contribution is 0.122. The number of rotatable bonds is 4. The topological polar surface area (TPSA) is 11.4 Å². The van der Waals surface area contributed by atoms with Gasteiger partial charge in [-0.2, -0.15) is 0 Å². The Bertz CT molecular complexity index is 1160. The van der Waals surface area contributed by atoms with E-state index in [0.29, 0.717) is 0 Å². The second kappa shape index (κ2) is 7.01. The van der Waals surface area contributed by atoms with Gasteiger partial charge in [0.2, 0.25) is 0 Å². The standard InChI is InChI=1S/C26H27N3/c1-2-5-21-18-24(9-8-20(21)4-1)29-13-12-25-22(6-3-7-26(25)29)19-27-14-16-28(17-15-27)23-10-11-23/h1-9,12-13,18,23H,10-11,14-17,19H2. The molecule has 1 aromatic heterocycles. The summed E-state index contributed by atoms with van der Waals surface area (Å²) < 4.78 is 2.33. The second-order valence-electron chi connectivity index (χ2n) is 8.61. The molecule has 0 unspecified atom stereocenters. The zero-order valence-corrected chi connectivity index (χ0v) is 16.8. The minimum absolute atomic E-state index is 0.900. The number of benzene rings is 3. The molecule has 2 heterocycles. The molecule has 3 nitrogen and oxygen atoms in total. The van der Waals surface area contributed by atoms with Crippen LogP contribution in [0.25, 0.3) is 27.4 Å². The van der Waals surface area contributed by atoms with Crippen LogP contribution in [0.15, 0.2) is 72.9 Å². The molecule has 0 amide bonds. The molecule has 1 saturated heterocycles. The molecule has 3 aromatic carbocycles. The van der Waals surface area contributed by atoms with Gasteiger partial charge in [0.05, 0.1) is 5.52 Å². The van der Waals surface area contributed by atoms with Gasteiger partial charge >= 0.3 is 0 Å². The van der Waals surface area contributed by atoms with Crippen LogP contribution >= 0.6 is 0 Å². The summed E-state index contributed by atoms with van der Waals surface area (Å²) in [5.41, 5.74) is 3.98. The highest BCUT2D eigenvalue weighted by Crippen LogP contribution is 2.29. The van der Waals surface area contributed by atoms with Gasteiger partial charge in [-0.15, -0.1) is 0 Å². The van der Waals surface area contributed by atoms with E-state index < -0.39 is 0 Å². The zero-order valence-electron chi connectivity index (χ0n) is 16.8. The van der Waals surface area contributed by atoms with Crippen molar-refractivity contribution in [3.8, 4) is 5.69 Å². The Morgan fingerprint density at radius 2 is 1.59 bits per heavy atom. The first-order valence-corrected chi connectivity index (χ1v) is 10.9. The number of piperazine rings is 1. The van der Waals surface area contributed by atoms with Crippen molar-refractivity contribution >= 4 is 21.7 Å². The van der Waals surface area contributed by atoms with Gasteiger partial charge in [0.1, 0.15) is 0 Å². The summed E-state index contributed by atoms with van der Waals surface area (Å²) in [6.07, 6.45) is 5.06. The Morgan fingerprint density at radius 3 is 2.41 bits per heavy atom. The van der Waals surface area contributed by atoms with Gasteiger partial charge in [0.15, 0.2) is 0 Å². The summed E-state index contributed by atoms with van der Waals surface area (Å²) in [6, 6.07) is 25.3. The molecule has 3 heteroatoms. The van der Waals surface area contributed by atoms with Crippen molar-refractivity contribution in [1.29, 1.82) is 0 Å². The SMILES string of the molecule is c1ccc2cc(-n3ccc4c(CN5CCN(C6CC6)CC5)cccc43)ccc2c1. The Morgan fingerprint density at radius 1 is 0.759 bits per heavy atom. The lowest BCUT2D eigenvalue weighted by Crippen LogP contribution is -2.46. The van der Waals surface area contributed by atoms with Gasteiger partial charge in [0, 0.05) is 56.0 Å². The first-order valence-electron chi connectivity index (χ1n) is 10.9. The molecule has 29 heavy (non-hydrogen) atoms. The maximum Gasteiger partial charge on any atom is 0.0531 e. The molecule has 0 N–H and O–H groups in total. The molecule has 0 atom stereocenters. The maximum atomic E-state index is 2.69. The molecule has 0 spiro atoms. The number of hydrogen-bond donors (Lipinski definition) is 0. The predicted molar refractivity (Wildman–Crippen MR) is 121 cm³/mol. The normalized spacial score (nSPS) is 18.6. The molecule has 1 aliphatic carbocycles. The minimum atomic E-state index is 0.900. The average molecular weight is 382 g/mol. The van der Waals surface area contributed by atoms with Gasteiger partial charge in [0.25, 0.3) is 0 Å². The van der Waals surface area contributed by atoms with Gasteiger partial charge in [-0.3, -0.25) is 9.80 Å². The van der Waals surface area contributed by atoms with Gasteiger partial charge < -0.3 is 4.57 Å². The third kappa shape index (κ3) is 3.25. The third-order valence-electron chi connectivity index (χ3n) is 6.70. The summed E-state index contributed by atoms with van der Waals surface area (Å²) in [7, 11) is 0. The highest BCUT2D eigenvalue weighted by molar-refractivity contribution is 5.88. The van der Waals surface area contributed by atoms with Crippen molar-refractivity contribution in [1.82, 2.24) is 14.4 Å². The number of fused-ring (bicyclic) bond motifs is 2. The minimum Gasteiger partial charge on any atom is -0.317 e. The average Bonchev–Trinajstić information content (AvgIpc) is 3.53. The molecule has 2 aliphatic rings. The molecule has 0 radical (unpaired) electrons. The Hall–Kier alpha value is -2.62. The summed E-state index contributed by atoms with van der Waals surface area (Å²) in [5.74, 6) is 0. The van der Waals surface area contributed by atoms with Gasteiger partial charge in [-0.1, -0.05) is 42.5 Å². The van der Waals surface area contributed by atoms with E-state index in [1.807, 2.05) is 0 Å². The van der Waals surface area contributed by atoms with Crippen molar-refractivity contribution in [2.45, 2.75) is 25.4 Å². The van der Waals surface area contributed by atoms with Crippen LogP contribution < -0.4 is 0 Å². The Labute approximate surface area is 172 Å². The predicted octanol–water partition coefficient (Wildman–Crippen LogP) is 5.06. The number of aromatic nitrogens is 1. The maximum absolute atomic E-state index is 2.69. The molecule has 0 bridgehead atoms.